The van der Waals surface area contributed by atoms with Crippen LogP contribution >= 0.6 is 0 Å². The maximum atomic E-state index is 8.57. The van der Waals surface area contributed by atoms with E-state index < -0.39 is 0 Å². The summed E-state index contributed by atoms with van der Waals surface area (Å²) in [6.45, 7) is 4.26. The third-order valence-corrected chi connectivity index (χ3v) is 1.77. The normalized spacial score (nSPS) is 13.1. The van der Waals surface area contributed by atoms with Crippen LogP contribution in [0.15, 0.2) is 0 Å². The predicted molar refractivity (Wildman–Crippen MR) is 46.2 cm³/mol. The van der Waals surface area contributed by atoms with Gasteiger partial charge >= 0.3 is 0 Å². The van der Waals surface area contributed by atoms with Crippen molar-refractivity contribution >= 4 is 7.48 Å². The van der Waals surface area contributed by atoms with Crippen LogP contribution in [-0.4, -0.2) is 12.5 Å². The summed E-state index contributed by atoms with van der Waals surface area (Å²) < 4.78 is 0. The zero-order chi connectivity index (χ0) is 7.82. The SMILES string of the molecule is CCCCCCC(C)[B]O. The lowest BCUT2D eigenvalue weighted by molar-refractivity contribution is 0.553. The molecule has 0 aromatic heterocycles. The van der Waals surface area contributed by atoms with Crippen molar-refractivity contribution in [3.05, 3.63) is 0 Å². The van der Waals surface area contributed by atoms with Gasteiger partial charge in [0, 0.05) is 0 Å². The first-order valence-electron chi connectivity index (χ1n) is 4.28. The second-order valence-corrected chi connectivity index (χ2v) is 2.98. The van der Waals surface area contributed by atoms with Gasteiger partial charge in [-0.15, -0.1) is 0 Å². The molecule has 0 fully saturated rings. The third-order valence-electron chi connectivity index (χ3n) is 1.77. The Morgan fingerprint density at radius 1 is 1.30 bits per heavy atom. The Hall–Kier alpha value is 0.0249. The largest absolute Gasteiger partial charge is 0.454 e. The quantitative estimate of drug-likeness (QED) is 0.444. The Bertz CT molecular complexity index is 66.3. The highest BCUT2D eigenvalue weighted by Gasteiger charge is 2.00. The van der Waals surface area contributed by atoms with Crippen molar-refractivity contribution in [2.24, 2.45) is 0 Å². The Morgan fingerprint density at radius 2 is 2.00 bits per heavy atom. The highest BCUT2D eigenvalue weighted by molar-refractivity contribution is 6.27. The van der Waals surface area contributed by atoms with Crippen LogP contribution in [-0.2, 0) is 0 Å². The molecule has 1 unspecified atom stereocenters. The molecular weight excluding hydrogens is 123 g/mol. The lowest BCUT2D eigenvalue weighted by atomic mass is 9.79. The topological polar surface area (TPSA) is 20.2 Å². The number of rotatable bonds is 6. The second-order valence-electron chi connectivity index (χ2n) is 2.98. The molecule has 0 bridgehead atoms. The van der Waals surface area contributed by atoms with E-state index in [-0.39, 0.29) is 0 Å². The average molecular weight is 141 g/mol. The molecule has 59 valence electrons. The van der Waals surface area contributed by atoms with E-state index >= 15 is 0 Å². The molecular formula is C8H18BO. The van der Waals surface area contributed by atoms with Crippen LogP contribution in [0, 0.1) is 0 Å². The summed E-state index contributed by atoms with van der Waals surface area (Å²) in [6, 6.07) is 0. The van der Waals surface area contributed by atoms with E-state index in [0.29, 0.717) is 5.82 Å². The molecule has 2 heteroatoms. The van der Waals surface area contributed by atoms with Crippen molar-refractivity contribution in [3.8, 4) is 0 Å². The minimum absolute atomic E-state index is 0.386. The van der Waals surface area contributed by atoms with Crippen molar-refractivity contribution < 1.29 is 5.02 Å². The van der Waals surface area contributed by atoms with Gasteiger partial charge in [-0.2, -0.15) is 0 Å². The number of unbranched alkanes of at least 4 members (excludes halogenated alkanes) is 3. The molecule has 0 aliphatic heterocycles. The Labute approximate surface area is 65.1 Å². The molecule has 0 saturated heterocycles. The van der Waals surface area contributed by atoms with Crippen LogP contribution in [0.3, 0.4) is 0 Å². The minimum Gasteiger partial charge on any atom is -0.454 e. The molecule has 0 aliphatic rings. The highest BCUT2D eigenvalue weighted by atomic mass is 16.2. The lowest BCUT2D eigenvalue weighted by Gasteiger charge is -2.03. The second kappa shape index (κ2) is 7.14. The molecule has 0 amide bonds. The standard InChI is InChI=1S/C8H18BO/c1-3-4-5-6-7-8(2)9-10/h8,10H,3-7H2,1-2H3. The molecule has 10 heavy (non-hydrogen) atoms. The maximum absolute atomic E-state index is 8.57. The van der Waals surface area contributed by atoms with E-state index in [1.807, 2.05) is 6.92 Å². The van der Waals surface area contributed by atoms with E-state index in [1.165, 1.54) is 33.2 Å². The zero-order valence-electron chi connectivity index (χ0n) is 7.14. The number of hydrogen-bond donors (Lipinski definition) is 1. The summed E-state index contributed by atoms with van der Waals surface area (Å²) in [6.07, 6.45) is 6.33. The molecule has 0 rings (SSSR count). The van der Waals surface area contributed by atoms with Crippen LogP contribution in [0.1, 0.15) is 46.0 Å². The van der Waals surface area contributed by atoms with Crippen LogP contribution < -0.4 is 0 Å². The fraction of sp³-hybridized carbons (Fsp3) is 1.00. The van der Waals surface area contributed by atoms with Gasteiger partial charge in [0.15, 0.2) is 0 Å². The van der Waals surface area contributed by atoms with Crippen LogP contribution in [0.25, 0.3) is 0 Å². The number of hydrogen-bond acceptors (Lipinski definition) is 1. The minimum atomic E-state index is 0.386. The molecule has 0 aliphatic carbocycles. The van der Waals surface area contributed by atoms with Gasteiger partial charge in [0.05, 0.1) is 0 Å². The summed E-state index contributed by atoms with van der Waals surface area (Å²) in [7, 11) is 1.30. The monoisotopic (exact) mass is 141 g/mol. The molecule has 1 atom stereocenters. The summed E-state index contributed by atoms with van der Waals surface area (Å²) in [5.41, 5.74) is 0. The van der Waals surface area contributed by atoms with E-state index in [9.17, 15) is 0 Å². The average Bonchev–Trinajstić information content (AvgIpc) is 1.98. The van der Waals surface area contributed by atoms with Crippen LogP contribution in [0.2, 0.25) is 5.82 Å². The third kappa shape index (κ3) is 6.15. The van der Waals surface area contributed by atoms with E-state index in [2.05, 4.69) is 6.92 Å². The lowest BCUT2D eigenvalue weighted by Crippen LogP contribution is -1.97. The van der Waals surface area contributed by atoms with Gasteiger partial charge in [-0.25, -0.2) is 0 Å². The fourth-order valence-electron chi connectivity index (χ4n) is 0.968. The Morgan fingerprint density at radius 3 is 2.50 bits per heavy atom. The smallest absolute Gasteiger partial charge is 0.290 e. The molecule has 0 heterocycles. The van der Waals surface area contributed by atoms with Crippen molar-refractivity contribution in [2.75, 3.05) is 0 Å². The van der Waals surface area contributed by atoms with Gasteiger partial charge in [-0.3, -0.25) is 0 Å². The van der Waals surface area contributed by atoms with Crippen LogP contribution in [0.5, 0.6) is 0 Å². The summed E-state index contributed by atoms with van der Waals surface area (Å²) >= 11 is 0. The summed E-state index contributed by atoms with van der Waals surface area (Å²) in [5.74, 6) is 0.386. The molecule has 0 aromatic rings. The van der Waals surface area contributed by atoms with Crippen molar-refractivity contribution in [1.82, 2.24) is 0 Å². The van der Waals surface area contributed by atoms with Crippen molar-refractivity contribution in [1.29, 1.82) is 0 Å². The molecule has 1 nitrogen and oxygen atoms in total. The molecule has 0 spiro atoms. The first-order chi connectivity index (χ1) is 4.81. The van der Waals surface area contributed by atoms with Gasteiger partial charge in [0.2, 0.25) is 0 Å². The molecule has 1 N–H and O–H groups in total. The fourth-order valence-corrected chi connectivity index (χ4v) is 0.968. The van der Waals surface area contributed by atoms with E-state index in [0.717, 1.165) is 6.42 Å². The summed E-state index contributed by atoms with van der Waals surface area (Å²) in [4.78, 5) is 0. The van der Waals surface area contributed by atoms with Crippen LogP contribution in [0.4, 0.5) is 0 Å². The van der Waals surface area contributed by atoms with Gasteiger partial charge in [-0.05, 0) is 5.82 Å². The molecule has 0 aromatic carbocycles. The Kier molecular flexibility index (Phi) is 7.15. The van der Waals surface area contributed by atoms with Gasteiger partial charge in [0.1, 0.15) is 0 Å². The Balaban J connectivity index is 2.89. The first kappa shape index (κ1) is 10.0. The van der Waals surface area contributed by atoms with Gasteiger partial charge < -0.3 is 5.02 Å². The maximum Gasteiger partial charge on any atom is 0.290 e. The molecule has 1 radical (unpaired) electrons. The molecule has 0 saturated carbocycles. The zero-order valence-corrected chi connectivity index (χ0v) is 7.14. The van der Waals surface area contributed by atoms with Gasteiger partial charge in [-0.1, -0.05) is 46.0 Å². The highest BCUT2D eigenvalue weighted by Crippen LogP contribution is 2.12. The van der Waals surface area contributed by atoms with Crippen molar-refractivity contribution in [3.63, 3.8) is 0 Å². The van der Waals surface area contributed by atoms with Gasteiger partial charge in [0.25, 0.3) is 7.48 Å². The predicted octanol–water partition coefficient (Wildman–Crippen LogP) is 2.38. The van der Waals surface area contributed by atoms with E-state index in [4.69, 9.17) is 5.02 Å². The summed E-state index contributed by atoms with van der Waals surface area (Å²) in [5, 5.41) is 8.57. The van der Waals surface area contributed by atoms with Crippen molar-refractivity contribution in [2.45, 2.75) is 51.8 Å². The first-order valence-corrected chi connectivity index (χ1v) is 4.28. The van der Waals surface area contributed by atoms with E-state index in [1.54, 1.807) is 0 Å².